The Bertz CT molecular complexity index is 759. The zero-order valence-corrected chi connectivity index (χ0v) is 20.1. The number of nitrogens with zero attached hydrogens (tertiary/aromatic N) is 3. The van der Waals surface area contributed by atoms with Crippen LogP contribution in [0.3, 0.4) is 0 Å². The second-order valence-electron chi connectivity index (χ2n) is 7.36. The summed E-state index contributed by atoms with van der Waals surface area (Å²) in [6.45, 7) is 11.0. The predicted octanol–water partition coefficient (Wildman–Crippen LogP) is 4.20. The van der Waals surface area contributed by atoms with E-state index in [2.05, 4.69) is 53.4 Å². The number of halogens is 1. The number of piperidine rings is 1. The maximum atomic E-state index is 5.64. The van der Waals surface area contributed by atoms with E-state index in [4.69, 9.17) is 9.41 Å². The van der Waals surface area contributed by atoms with Gasteiger partial charge in [0.1, 0.15) is 12.0 Å². The lowest BCUT2D eigenvalue weighted by Gasteiger charge is -2.35. The van der Waals surface area contributed by atoms with Crippen LogP contribution >= 0.6 is 24.0 Å². The quantitative estimate of drug-likeness (QED) is 0.332. The molecule has 7 heteroatoms. The van der Waals surface area contributed by atoms with Crippen molar-refractivity contribution in [3.8, 4) is 11.5 Å². The highest BCUT2D eigenvalue weighted by atomic mass is 127. The Balaban J connectivity index is 0.00000300. The van der Waals surface area contributed by atoms with Crippen LogP contribution in [-0.4, -0.2) is 48.1 Å². The summed E-state index contributed by atoms with van der Waals surface area (Å²) in [6, 6.07) is 8.78. The third-order valence-electron chi connectivity index (χ3n) is 5.25. The van der Waals surface area contributed by atoms with Crippen LogP contribution in [0.2, 0.25) is 0 Å². The number of likely N-dealkylation sites (tertiary alicyclic amines) is 1. The fourth-order valence-electron chi connectivity index (χ4n) is 3.63. The molecule has 3 rings (SSSR count). The van der Waals surface area contributed by atoms with Crippen molar-refractivity contribution in [3.05, 3.63) is 41.8 Å². The molecule has 0 bridgehead atoms. The molecular weight excluding hydrogens is 477 g/mol. The number of likely N-dealkylation sites (N-methyl/N-ethyl adjacent to an activating group) is 1. The van der Waals surface area contributed by atoms with Crippen molar-refractivity contribution in [3.63, 3.8) is 0 Å². The molecule has 1 aliphatic rings. The summed E-state index contributed by atoms with van der Waals surface area (Å²) in [5, 5.41) is 6.84. The third-order valence-corrected chi connectivity index (χ3v) is 5.25. The monoisotopic (exact) mass is 511 g/mol. The molecule has 0 aliphatic carbocycles. The largest absolute Gasteiger partial charge is 0.444 e. The normalized spacial score (nSPS) is 17.6. The van der Waals surface area contributed by atoms with Crippen LogP contribution in [-0.2, 0) is 6.54 Å². The van der Waals surface area contributed by atoms with Crippen LogP contribution in [0, 0.1) is 6.92 Å². The van der Waals surface area contributed by atoms with Gasteiger partial charge in [-0.05, 0) is 51.9 Å². The number of aryl methyl sites for hydroxylation is 1. The second-order valence-corrected chi connectivity index (χ2v) is 7.36. The van der Waals surface area contributed by atoms with Gasteiger partial charge in [-0.3, -0.25) is 4.90 Å². The topological polar surface area (TPSA) is 65.7 Å². The highest BCUT2D eigenvalue weighted by Gasteiger charge is 2.20. The van der Waals surface area contributed by atoms with E-state index < -0.39 is 0 Å². The molecule has 2 heterocycles. The molecule has 1 unspecified atom stereocenters. The molecule has 0 saturated carbocycles. The van der Waals surface area contributed by atoms with E-state index >= 15 is 0 Å². The Morgan fingerprint density at radius 3 is 2.72 bits per heavy atom. The Kier molecular flexibility index (Phi) is 9.93. The Labute approximate surface area is 191 Å². The molecule has 0 spiro atoms. The molecule has 6 nitrogen and oxygen atoms in total. The van der Waals surface area contributed by atoms with Gasteiger partial charge in [0.2, 0.25) is 5.89 Å². The fourth-order valence-corrected chi connectivity index (χ4v) is 3.63. The molecule has 1 aliphatic heterocycles. The van der Waals surface area contributed by atoms with E-state index in [9.17, 15) is 0 Å². The minimum Gasteiger partial charge on any atom is -0.444 e. The van der Waals surface area contributed by atoms with Gasteiger partial charge in [-0.2, -0.15) is 0 Å². The molecule has 0 amide bonds. The minimum absolute atomic E-state index is 0. The first-order chi connectivity index (χ1) is 13.7. The van der Waals surface area contributed by atoms with Gasteiger partial charge < -0.3 is 15.1 Å². The molecule has 2 aromatic rings. The number of benzene rings is 1. The summed E-state index contributed by atoms with van der Waals surface area (Å²) >= 11 is 0. The smallest absolute Gasteiger partial charge is 0.226 e. The first kappa shape index (κ1) is 23.7. The molecule has 0 radical (unpaired) electrons. The summed E-state index contributed by atoms with van der Waals surface area (Å²) in [5.41, 5.74) is 3.05. The molecule has 1 fully saturated rings. The van der Waals surface area contributed by atoms with Crippen molar-refractivity contribution < 1.29 is 4.42 Å². The summed E-state index contributed by atoms with van der Waals surface area (Å²) in [5.74, 6) is 1.48. The van der Waals surface area contributed by atoms with E-state index in [-0.39, 0.29) is 24.0 Å². The zero-order valence-electron chi connectivity index (χ0n) is 17.8. The highest BCUT2D eigenvalue weighted by molar-refractivity contribution is 14.0. The lowest BCUT2D eigenvalue weighted by molar-refractivity contribution is 0.157. The Morgan fingerprint density at radius 2 is 2.00 bits per heavy atom. The van der Waals surface area contributed by atoms with Crippen molar-refractivity contribution in [2.75, 3.05) is 26.2 Å². The number of hydrogen-bond donors (Lipinski definition) is 2. The van der Waals surface area contributed by atoms with E-state index in [1.165, 1.54) is 31.4 Å². The van der Waals surface area contributed by atoms with Crippen LogP contribution in [0.1, 0.15) is 44.4 Å². The van der Waals surface area contributed by atoms with E-state index in [1.54, 1.807) is 6.26 Å². The Hall–Kier alpha value is -1.61. The van der Waals surface area contributed by atoms with Crippen molar-refractivity contribution in [2.45, 2.75) is 52.6 Å². The van der Waals surface area contributed by atoms with Crippen LogP contribution in [0.4, 0.5) is 0 Å². The molecule has 160 valence electrons. The molecule has 1 saturated heterocycles. The van der Waals surface area contributed by atoms with Gasteiger partial charge in [0.25, 0.3) is 0 Å². The summed E-state index contributed by atoms with van der Waals surface area (Å²) in [6.07, 6.45) is 5.58. The number of oxazole rings is 1. The molecule has 1 atom stereocenters. The van der Waals surface area contributed by atoms with Crippen LogP contribution in [0.15, 0.2) is 39.9 Å². The van der Waals surface area contributed by atoms with Crippen LogP contribution in [0.5, 0.6) is 0 Å². The van der Waals surface area contributed by atoms with Crippen molar-refractivity contribution in [1.82, 2.24) is 20.5 Å². The maximum absolute atomic E-state index is 5.64. The zero-order chi connectivity index (χ0) is 19.8. The number of aromatic nitrogens is 1. The highest BCUT2D eigenvalue weighted by Crippen LogP contribution is 2.19. The summed E-state index contributed by atoms with van der Waals surface area (Å²) in [7, 11) is 0. The van der Waals surface area contributed by atoms with Crippen molar-refractivity contribution in [1.29, 1.82) is 0 Å². The average molecular weight is 511 g/mol. The van der Waals surface area contributed by atoms with E-state index in [1.807, 2.05) is 12.1 Å². The number of rotatable bonds is 7. The first-order valence-corrected chi connectivity index (χ1v) is 10.5. The summed E-state index contributed by atoms with van der Waals surface area (Å²) in [4.78, 5) is 11.8. The number of guanidine groups is 1. The van der Waals surface area contributed by atoms with Gasteiger partial charge in [-0.1, -0.05) is 31.0 Å². The minimum atomic E-state index is 0. The van der Waals surface area contributed by atoms with Crippen molar-refractivity contribution in [2.24, 2.45) is 4.99 Å². The molecule has 2 N–H and O–H groups in total. The molecule has 29 heavy (non-hydrogen) atoms. The van der Waals surface area contributed by atoms with Gasteiger partial charge in [0.05, 0.1) is 6.54 Å². The lowest BCUT2D eigenvalue weighted by atomic mass is 10.0. The average Bonchev–Trinajstić information content (AvgIpc) is 3.20. The first-order valence-electron chi connectivity index (χ1n) is 10.5. The second kappa shape index (κ2) is 12.2. The lowest BCUT2D eigenvalue weighted by Crippen LogP contribution is -2.49. The molecule has 1 aromatic carbocycles. The fraction of sp³-hybridized carbons (Fsp3) is 0.545. The number of hydrogen-bond acceptors (Lipinski definition) is 4. The van der Waals surface area contributed by atoms with E-state index in [0.29, 0.717) is 18.5 Å². The molecule has 1 aromatic heterocycles. The number of nitrogens with one attached hydrogen (secondary N) is 2. The maximum Gasteiger partial charge on any atom is 0.226 e. The van der Waals surface area contributed by atoms with Gasteiger partial charge in [0.15, 0.2) is 5.96 Å². The standard InChI is InChI=1S/C22H33N5O.HI/c1-4-23-22(25-15-20-8-6-7-13-27(20)5-2)24-14-19-16-28-21(26-19)18-11-9-17(3)10-12-18;/h9-12,16,20H,4-8,13-15H2,1-3H3,(H2,23,24,25);1H. The van der Waals surface area contributed by atoms with Gasteiger partial charge >= 0.3 is 0 Å². The summed E-state index contributed by atoms with van der Waals surface area (Å²) < 4.78 is 5.64. The predicted molar refractivity (Wildman–Crippen MR) is 130 cm³/mol. The van der Waals surface area contributed by atoms with Crippen LogP contribution in [0.25, 0.3) is 11.5 Å². The molecular formula is C22H34IN5O. The van der Waals surface area contributed by atoms with Gasteiger partial charge in [0, 0.05) is 24.7 Å². The third kappa shape index (κ3) is 6.99. The van der Waals surface area contributed by atoms with Gasteiger partial charge in [-0.15, -0.1) is 24.0 Å². The Morgan fingerprint density at radius 1 is 1.21 bits per heavy atom. The number of aliphatic imine (C=N–C) groups is 1. The van der Waals surface area contributed by atoms with Gasteiger partial charge in [-0.25, -0.2) is 9.98 Å². The SMILES string of the molecule is CCNC(=NCc1coc(-c2ccc(C)cc2)n1)NCC1CCCCN1CC.I. The van der Waals surface area contributed by atoms with Crippen LogP contribution < -0.4 is 10.6 Å². The van der Waals surface area contributed by atoms with E-state index in [0.717, 1.165) is 36.9 Å². The van der Waals surface area contributed by atoms with Crippen molar-refractivity contribution >= 4 is 29.9 Å².